The Morgan fingerprint density at radius 1 is 0.358 bits per heavy atom. The molecule has 3 heteroatoms. The van der Waals surface area contributed by atoms with E-state index < -0.39 is 0 Å². The van der Waals surface area contributed by atoms with Gasteiger partial charge in [0, 0.05) is 39.0 Å². The Labute approximate surface area is 307 Å². The zero-order chi connectivity index (χ0) is 34.6. The van der Waals surface area contributed by atoms with E-state index in [0.29, 0.717) is 0 Å². The summed E-state index contributed by atoms with van der Waals surface area (Å²) in [6, 6.07) is 69.9. The number of rotatable bonds is 2. The number of hydrogen-bond donors (Lipinski definition) is 0. The molecule has 0 spiro atoms. The van der Waals surface area contributed by atoms with E-state index in [4.69, 9.17) is 0 Å². The molecule has 0 saturated carbocycles. The lowest BCUT2D eigenvalue weighted by molar-refractivity contribution is 1.18. The molecule has 2 aliphatic rings. The third-order valence-electron chi connectivity index (χ3n) is 11.7. The molecule has 53 heavy (non-hydrogen) atoms. The normalized spacial score (nSPS) is 12.8. The van der Waals surface area contributed by atoms with E-state index in [-0.39, 0.29) is 6.85 Å². The molecule has 0 radical (unpaired) electrons. The Balaban J connectivity index is 1.11. The first-order chi connectivity index (χ1) is 26.3. The molecule has 244 valence electrons. The van der Waals surface area contributed by atoms with Gasteiger partial charge in [0.2, 0.25) is 0 Å². The minimum atomic E-state index is 0.0523. The summed E-state index contributed by atoms with van der Waals surface area (Å²) < 4.78 is 2.41. The molecule has 0 fully saturated rings. The molecular formula is C50H31BN2. The van der Waals surface area contributed by atoms with Crippen molar-refractivity contribution in [3.05, 3.63) is 188 Å². The molecule has 0 atom stereocenters. The summed E-state index contributed by atoms with van der Waals surface area (Å²) in [5, 5.41) is 7.63. The molecule has 0 saturated heterocycles. The molecule has 1 aromatic heterocycles. The summed E-state index contributed by atoms with van der Waals surface area (Å²) >= 11 is 0. The second-order valence-electron chi connectivity index (χ2n) is 14.5. The summed E-state index contributed by atoms with van der Waals surface area (Å²) in [7, 11) is 0. The molecular weight excluding hydrogens is 639 g/mol. The Hall–Kier alpha value is -6.84. The highest BCUT2D eigenvalue weighted by Crippen LogP contribution is 2.49. The molecule has 12 rings (SSSR count). The van der Waals surface area contributed by atoms with Gasteiger partial charge in [0.05, 0.1) is 11.0 Å². The van der Waals surface area contributed by atoms with Gasteiger partial charge >= 0.3 is 6.85 Å². The number of para-hydroxylation sites is 2. The first kappa shape index (κ1) is 28.8. The van der Waals surface area contributed by atoms with Crippen LogP contribution in [-0.4, -0.2) is 11.4 Å². The van der Waals surface area contributed by atoms with Gasteiger partial charge < -0.3 is 9.38 Å². The summed E-state index contributed by atoms with van der Waals surface area (Å²) in [6.45, 7) is 0.0523. The summed E-state index contributed by atoms with van der Waals surface area (Å²) in [6.07, 6.45) is 0. The van der Waals surface area contributed by atoms with Crippen LogP contribution in [-0.2, 0) is 0 Å². The highest BCUT2D eigenvalue weighted by Gasteiger charge is 2.42. The fraction of sp³-hybridized carbons (Fsp3) is 0. The van der Waals surface area contributed by atoms with Crippen molar-refractivity contribution < 1.29 is 0 Å². The second-order valence-corrected chi connectivity index (χ2v) is 14.5. The average molecular weight is 671 g/mol. The molecule has 9 aromatic carbocycles. The maximum atomic E-state index is 2.62. The fourth-order valence-electron chi connectivity index (χ4n) is 9.45. The zero-order valence-corrected chi connectivity index (χ0v) is 28.9. The van der Waals surface area contributed by atoms with Gasteiger partial charge in [0.1, 0.15) is 0 Å². The van der Waals surface area contributed by atoms with E-state index in [2.05, 4.69) is 197 Å². The van der Waals surface area contributed by atoms with Crippen LogP contribution in [0.1, 0.15) is 0 Å². The van der Waals surface area contributed by atoms with E-state index in [1.54, 1.807) is 0 Å². The van der Waals surface area contributed by atoms with Crippen LogP contribution >= 0.6 is 0 Å². The van der Waals surface area contributed by atoms with E-state index in [1.807, 2.05) is 0 Å². The highest BCUT2D eigenvalue weighted by atomic mass is 15.1. The highest BCUT2D eigenvalue weighted by molar-refractivity contribution is 6.92. The lowest BCUT2D eigenvalue weighted by Gasteiger charge is -2.44. The van der Waals surface area contributed by atoms with Gasteiger partial charge in [-0.2, -0.15) is 0 Å². The number of benzene rings is 9. The Morgan fingerprint density at radius 3 is 1.83 bits per heavy atom. The fourth-order valence-corrected chi connectivity index (χ4v) is 9.45. The van der Waals surface area contributed by atoms with Crippen molar-refractivity contribution in [1.29, 1.82) is 0 Å². The van der Waals surface area contributed by atoms with Gasteiger partial charge in [0.15, 0.2) is 0 Å². The van der Waals surface area contributed by atoms with Crippen molar-refractivity contribution in [1.82, 2.24) is 4.57 Å². The number of aromatic nitrogens is 1. The predicted molar refractivity (Wildman–Crippen MR) is 226 cm³/mol. The smallest absolute Gasteiger partial charge is 0.329 e. The minimum absolute atomic E-state index is 0.0523. The molecule has 2 nitrogen and oxygen atoms in total. The van der Waals surface area contributed by atoms with Gasteiger partial charge in [-0.15, -0.1) is 0 Å². The largest absolute Gasteiger partial charge is 0.376 e. The van der Waals surface area contributed by atoms with Crippen molar-refractivity contribution in [3.63, 3.8) is 0 Å². The van der Waals surface area contributed by atoms with E-state index in [9.17, 15) is 0 Å². The maximum absolute atomic E-state index is 2.62. The van der Waals surface area contributed by atoms with Crippen LogP contribution in [0.3, 0.4) is 0 Å². The van der Waals surface area contributed by atoms with Gasteiger partial charge in [-0.25, -0.2) is 0 Å². The number of anilines is 2. The first-order valence-electron chi connectivity index (χ1n) is 18.5. The molecule has 2 aliphatic heterocycles. The number of fused-ring (bicyclic) bond motifs is 17. The molecule has 0 aliphatic carbocycles. The Kier molecular flexibility index (Phi) is 5.89. The maximum Gasteiger partial charge on any atom is 0.329 e. The van der Waals surface area contributed by atoms with Gasteiger partial charge in [-0.05, 0) is 103 Å². The average Bonchev–Trinajstić information content (AvgIpc) is 3.57. The standard InChI is InChI=1S/C50H31BN2/c1-2-14-35-31-49-42(29-34(35)13-1)39-18-5-8-21-44(39)51-45-26-24-32-12-3-4-17-38(32)50(45)43-30-36(25-27-48(43)53(49)51)33-15-11-16-37(28-33)52-46-22-9-6-19-40(46)41-20-7-10-23-47(41)52/h1-31H. The third-order valence-corrected chi connectivity index (χ3v) is 11.7. The summed E-state index contributed by atoms with van der Waals surface area (Å²) in [5.74, 6) is 0. The lowest BCUT2D eigenvalue weighted by Crippen LogP contribution is -2.59. The van der Waals surface area contributed by atoms with Crippen molar-refractivity contribution >= 4 is 72.5 Å². The third kappa shape index (κ3) is 4.05. The van der Waals surface area contributed by atoms with Crippen LogP contribution in [0.25, 0.3) is 82.4 Å². The lowest BCUT2D eigenvalue weighted by atomic mass is 9.43. The van der Waals surface area contributed by atoms with Crippen LogP contribution in [0.4, 0.5) is 11.4 Å². The molecule has 0 N–H and O–H groups in total. The topological polar surface area (TPSA) is 8.17 Å². The zero-order valence-electron chi connectivity index (χ0n) is 28.9. The van der Waals surface area contributed by atoms with Crippen molar-refractivity contribution in [2.45, 2.75) is 0 Å². The van der Waals surface area contributed by atoms with Crippen molar-refractivity contribution in [3.8, 4) is 39.1 Å². The monoisotopic (exact) mass is 670 g/mol. The molecule has 10 aromatic rings. The first-order valence-corrected chi connectivity index (χ1v) is 18.5. The minimum Gasteiger partial charge on any atom is -0.376 e. The van der Waals surface area contributed by atoms with Crippen LogP contribution in [0.5, 0.6) is 0 Å². The van der Waals surface area contributed by atoms with E-state index in [1.165, 1.54) is 99.0 Å². The molecule has 0 unspecified atom stereocenters. The molecule has 0 amide bonds. The quantitative estimate of drug-likeness (QED) is 0.166. The molecule has 0 bridgehead atoms. The molecule has 3 heterocycles. The van der Waals surface area contributed by atoms with E-state index in [0.717, 1.165) is 5.69 Å². The van der Waals surface area contributed by atoms with Crippen molar-refractivity contribution in [2.24, 2.45) is 0 Å². The van der Waals surface area contributed by atoms with Crippen molar-refractivity contribution in [2.75, 3.05) is 4.81 Å². The van der Waals surface area contributed by atoms with Crippen LogP contribution < -0.4 is 15.7 Å². The SMILES string of the molecule is c1cc(-c2ccc3c(c2)-c2c(ccc4ccccc24)B2c4ccccc4-c4cc5ccccc5cc4N23)cc(-n2c3ccccc3c3ccccc32)c1. The Morgan fingerprint density at radius 2 is 1.02 bits per heavy atom. The second kappa shape index (κ2) is 10.8. The van der Waals surface area contributed by atoms with Gasteiger partial charge in [0.25, 0.3) is 0 Å². The summed E-state index contributed by atoms with van der Waals surface area (Å²) in [5.41, 5.74) is 16.4. The van der Waals surface area contributed by atoms with E-state index >= 15 is 0 Å². The summed E-state index contributed by atoms with van der Waals surface area (Å²) in [4.78, 5) is 2.62. The van der Waals surface area contributed by atoms with Crippen LogP contribution in [0, 0.1) is 0 Å². The van der Waals surface area contributed by atoms with Gasteiger partial charge in [-0.1, -0.05) is 140 Å². The Bertz CT molecular complexity index is 3100. The van der Waals surface area contributed by atoms with Crippen LogP contribution in [0.2, 0.25) is 0 Å². The van der Waals surface area contributed by atoms with Gasteiger partial charge in [-0.3, -0.25) is 0 Å². The number of nitrogens with zero attached hydrogens (tertiary/aromatic N) is 2. The predicted octanol–water partition coefficient (Wildman–Crippen LogP) is 11.7. The van der Waals surface area contributed by atoms with Crippen LogP contribution in [0.15, 0.2) is 188 Å². The number of hydrogen-bond acceptors (Lipinski definition) is 1.